The van der Waals surface area contributed by atoms with E-state index in [1.807, 2.05) is 0 Å². The van der Waals surface area contributed by atoms with Gasteiger partial charge in [-0.2, -0.15) is 0 Å². The van der Waals surface area contributed by atoms with Crippen LogP contribution in [0, 0.1) is 5.92 Å². The van der Waals surface area contributed by atoms with Gasteiger partial charge in [0.25, 0.3) is 0 Å². The van der Waals surface area contributed by atoms with E-state index in [0.29, 0.717) is 0 Å². The molecule has 0 spiro atoms. The summed E-state index contributed by atoms with van der Waals surface area (Å²) in [6.45, 7) is 4.11. The van der Waals surface area contributed by atoms with Crippen molar-refractivity contribution in [1.29, 1.82) is 0 Å². The predicted octanol–water partition coefficient (Wildman–Crippen LogP) is 2.02. The van der Waals surface area contributed by atoms with Gasteiger partial charge >= 0.3 is 0 Å². The summed E-state index contributed by atoms with van der Waals surface area (Å²) in [6, 6.07) is 9.08. The van der Waals surface area contributed by atoms with Crippen molar-refractivity contribution in [2.75, 3.05) is 45.3 Å². The molecule has 2 aliphatic heterocycles. The third-order valence-corrected chi connectivity index (χ3v) is 4.80. The largest absolute Gasteiger partial charge is 0.379 e. The van der Waals surface area contributed by atoms with Crippen molar-refractivity contribution in [1.82, 2.24) is 5.32 Å². The van der Waals surface area contributed by atoms with Gasteiger partial charge in [-0.25, -0.2) is 0 Å². The van der Waals surface area contributed by atoms with Crippen LogP contribution in [0.15, 0.2) is 24.3 Å². The Kier molecular flexibility index (Phi) is 3.50. The standard InChI is InChI=1S/C16H24N2O/c1-18(2)15-5-3-13(4-6-15)16(11-19-12-16)14-7-9-17-10-8-14/h3-6,14,17H,7-12H2,1-2H3. The molecule has 0 aromatic heterocycles. The number of benzene rings is 1. The Bertz CT molecular complexity index is 417. The number of hydrogen-bond acceptors (Lipinski definition) is 3. The lowest BCUT2D eigenvalue weighted by molar-refractivity contribution is -0.0963. The highest BCUT2D eigenvalue weighted by Crippen LogP contribution is 2.43. The minimum Gasteiger partial charge on any atom is -0.379 e. The van der Waals surface area contributed by atoms with Crippen LogP contribution in [-0.2, 0) is 10.2 Å². The topological polar surface area (TPSA) is 24.5 Å². The molecule has 104 valence electrons. The first kappa shape index (κ1) is 12.9. The third-order valence-electron chi connectivity index (χ3n) is 4.80. The monoisotopic (exact) mass is 260 g/mol. The summed E-state index contributed by atoms with van der Waals surface area (Å²) in [4.78, 5) is 2.15. The molecule has 2 fully saturated rings. The Morgan fingerprint density at radius 2 is 1.74 bits per heavy atom. The number of rotatable bonds is 3. The highest BCUT2D eigenvalue weighted by atomic mass is 16.5. The minimum atomic E-state index is 0.285. The van der Waals surface area contributed by atoms with Gasteiger partial charge in [-0.15, -0.1) is 0 Å². The highest BCUT2D eigenvalue weighted by molar-refractivity contribution is 5.48. The van der Waals surface area contributed by atoms with Crippen molar-refractivity contribution in [3.8, 4) is 0 Å². The number of nitrogens with one attached hydrogen (secondary N) is 1. The van der Waals surface area contributed by atoms with E-state index in [0.717, 1.165) is 32.2 Å². The first-order valence-electron chi connectivity index (χ1n) is 7.29. The van der Waals surface area contributed by atoms with Crippen molar-refractivity contribution in [3.05, 3.63) is 29.8 Å². The first-order valence-corrected chi connectivity index (χ1v) is 7.29. The molecule has 1 N–H and O–H groups in total. The molecule has 2 saturated heterocycles. The van der Waals surface area contributed by atoms with Gasteiger partial charge in [-0.3, -0.25) is 0 Å². The highest BCUT2D eigenvalue weighted by Gasteiger charge is 2.46. The molecule has 3 rings (SSSR count). The maximum Gasteiger partial charge on any atom is 0.0588 e. The Labute approximate surface area is 115 Å². The second kappa shape index (κ2) is 5.14. The van der Waals surface area contributed by atoms with Crippen molar-refractivity contribution in [3.63, 3.8) is 0 Å². The molecule has 0 radical (unpaired) electrons. The Hall–Kier alpha value is -1.06. The number of anilines is 1. The van der Waals surface area contributed by atoms with E-state index in [1.54, 1.807) is 0 Å². The van der Waals surface area contributed by atoms with E-state index < -0.39 is 0 Å². The fourth-order valence-corrected chi connectivity index (χ4v) is 3.43. The zero-order chi connectivity index (χ0) is 13.3. The SMILES string of the molecule is CN(C)c1ccc(C2(C3CCNCC3)COC2)cc1. The molecule has 3 nitrogen and oxygen atoms in total. The lowest BCUT2D eigenvalue weighted by Crippen LogP contribution is -2.54. The van der Waals surface area contributed by atoms with Gasteiger partial charge in [-0.1, -0.05) is 12.1 Å². The molecule has 19 heavy (non-hydrogen) atoms. The summed E-state index contributed by atoms with van der Waals surface area (Å²) < 4.78 is 5.59. The van der Waals surface area contributed by atoms with Gasteiger partial charge < -0.3 is 15.0 Å². The molecule has 2 heterocycles. The fourth-order valence-electron chi connectivity index (χ4n) is 3.43. The Morgan fingerprint density at radius 3 is 2.21 bits per heavy atom. The van der Waals surface area contributed by atoms with Crippen LogP contribution in [0.25, 0.3) is 0 Å². The van der Waals surface area contributed by atoms with Gasteiger partial charge in [0.05, 0.1) is 13.2 Å². The van der Waals surface area contributed by atoms with Crippen LogP contribution in [0.1, 0.15) is 18.4 Å². The molecule has 0 unspecified atom stereocenters. The van der Waals surface area contributed by atoms with Gasteiger partial charge in [0.15, 0.2) is 0 Å². The maximum atomic E-state index is 5.59. The molecule has 0 bridgehead atoms. The smallest absolute Gasteiger partial charge is 0.0588 e. The summed E-state index contributed by atoms with van der Waals surface area (Å²) in [5.74, 6) is 0.771. The number of hydrogen-bond donors (Lipinski definition) is 1. The van der Waals surface area contributed by atoms with Crippen LogP contribution in [0.5, 0.6) is 0 Å². The van der Waals surface area contributed by atoms with Crippen LogP contribution in [-0.4, -0.2) is 40.4 Å². The molecule has 0 amide bonds. The normalized spacial score (nSPS) is 22.8. The first-order chi connectivity index (χ1) is 9.22. The predicted molar refractivity (Wildman–Crippen MR) is 78.9 cm³/mol. The number of ether oxygens (including phenoxy) is 1. The average Bonchev–Trinajstić information content (AvgIpc) is 2.39. The zero-order valence-corrected chi connectivity index (χ0v) is 12.0. The van der Waals surface area contributed by atoms with Gasteiger partial charge in [0, 0.05) is 25.2 Å². The summed E-state index contributed by atoms with van der Waals surface area (Å²) in [7, 11) is 4.17. The van der Waals surface area contributed by atoms with Crippen molar-refractivity contribution in [2.45, 2.75) is 18.3 Å². The number of nitrogens with zero attached hydrogens (tertiary/aromatic N) is 1. The van der Waals surface area contributed by atoms with E-state index in [-0.39, 0.29) is 5.41 Å². The average molecular weight is 260 g/mol. The second-order valence-corrected chi connectivity index (χ2v) is 6.11. The Balaban J connectivity index is 1.84. The van der Waals surface area contributed by atoms with E-state index in [2.05, 4.69) is 48.6 Å². The van der Waals surface area contributed by atoms with Crippen LogP contribution in [0.2, 0.25) is 0 Å². The minimum absolute atomic E-state index is 0.285. The molecule has 0 saturated carbocycles. The van der Waals surface area contributed by atoms with Gasteiger partial charge in [0.2, 0.25) is 0 Å². The summed E-state index contributed by atoms with van der Waals surface area (Å²) in [5.41, 5.74) is 3.02. The molecule has 0 atom stereocenters. The molecular weight excluding hydrogens is 236 g/mol. The summed E-state index contributed by atoms with van der Waals surface area (Å²) in [6.07, 6.45) is 2.55. The quantitative estimate of drug-likeness (QED) is 0.900. The van der Waals surface area contributed by atoms with Crippen LogP contribution >= 0.6 is 0 Å². The molecular formula is C16H24N2O. The number of piperidine rings is 1. The van der Waals surface area contributed by atoms with Crippen LogP contribution in [0.3, 0.4) is 0 Å². The second-order valence-electron chi connectivity index (χ2n) is 6.11. The molecule has 2 aliphatic rings. The lowest BCUT2D eigenvalue weighted by Gasteiger charge is -2.49. The third kappa shape index (κ3) is 2.26. The molecule has 1 aromatic rings. The van der Waals surface area contributed by atoms with E-state index in [4.69, 9.17) is 4.74 Å². The van der Waals surface area contributed by atoms with Gasteiger partial charge in [-0.05, 0) is 49.5 Å². The summed E-state index contributed by atoms with van der Waals surface area (Å²) >= 11 is 0. The van der Waals surface area contributed by atoms with Crippen molar-refractivity contribution >= 4 is 5.69 Å². The summed E-state index contributed by atoms with van der Waals surface area (Å²) in [5, 5.41) is 3.46. The van der Waals surface area contributed by atoms with Crippen molar-refractivity contribution in [2.24, 2.45) is 5.92 Å². The van der Waals surface area contributed by atoms with Crippen molar-refractivity contribution < 1.29 is 4.74 Å². The Morgan fingerprint density at radius 1 is 1.11 bits per heavy atom. The van der Waals surface area contributed by atoms with E-state index >= 15 is 0 Å². The molecule has 1 aromatic carbocycles. The van der Waals surface area contributed by atoms with E-state index in [9.17, 15) is 0 Å². The molecule has 3 heteroatoms. The molecule has 0 aliphatic carbocycles. The zero-order valence-electron chi connectivity index (χ0n) is 12.0. The van der Waals surface area contributed by atoms with Crippen LogP contribution < -0.4 is 10.2 Å². The fraction of sp³-hybridized carbons (Fsp3) is 0.625. The van der Waals surface area contributed by atoms with E-state index in [1.165, 1.54) is 24.1 Å². The van der Waals surface area contributed by atoms with Crippen LogP contribution in [0.4, 0.5) is 5.69 Å². The lowest BCUT2D eigenvalue weighted by atomic mass is 9.65. The van der Waals surface area contributed by atoms with Gasteiger partial charge in [0.1, 0.15) is 0 Å². The maximum absolute atomic E-state index is 5.59.